The highest BCUT2D eigenvalue weighted by atomic mass is 35.5. The summed E-state index contributed by atoms with van der Waals surface area (Å²) in [6, 6.07) is 12.9. The molecule has 1 aromatic heterocycles. The average Bonchev–Trinajstić information content (AvgIpc) is 3.04. The monoisotopic (exact) mass is 393 g/mol. The molecule has 4 nitrogen and oxygen atoms in total. The van der Waals surface area contributed by atoms with Gasteiger partial charge in [0.2, 0.25) is 0 Å². The van der Waals surface area contributed by atoms with Crippen molar-refractivity contribution in [1.29, 1.82) is 0 Å². The molecule has 3 aromatic rings. The molecule has 0 bridgehead atoms. The number of aliphatic carboxylic acids is 1. The van der Waals surface area contributed by atoms with E-state index in [1.165, 1.54) is 11.3 Å². The maximum absolute atomic E-state index is 10.8. The molecule has 0 saturated heterocycles. The largest absolute Gasteiger partial charge is 0.489 e. The highest BCUT2D eigenvalue weighted by Gasteiger charge is 2.09. The number of halogens is 2. The highest BCUT2D eigenvalue weighted by Crippen LogP contribution is 2.28. The third-order valence-electron chi connectivity index (χ3n) is 3.35. The Hall–Kier alpha value is -2.08. The molecule has 128 valence electrons. The van der Waals surface area contributed by atoms with Gasteiger partial charge in [0.15, 0.2) is 0 Å². The van der Waals surface area contributed by atoms with Crippen molar-refractivity contribution in [3.63, 3.8) is 0 Å². The molecule has 0 fully saturated rings. The van der Waals surface area contributed by atoms with E-state index in [1.54, 1.807) is 17.5 Å². The van der Waals surface area contributed by atoms with Crippen molar-refractivity contribution < 1.29 is 14.6 Å². The van der Waals surface area contributed by atoms with Crippen LogP contribution in [-0.2, 0) is 17.8 Å². The smallest absolute Gasteiger partial charge is 0.309 e. The fourth-order valence-electron chi connectivity index (χ4n) is 2.19. The topological polar surface area (TPSA) is 59.4 Å². The number of ether oxygens (including phenoxy) is 1. The number of thiazole rings is 1. The summed E-state index contributed by atoms with van der Waals surface area (Å²) in [5, 5.41) is 12.3. The minimum atomic E-state index is -0.893. The van der Waals surface area contributed by atoms with Crippen molar-refractivity contribution >= 4 is 40.5 Å². The number of nitrogens with zero attached hydrogens (tertiary/aromatic N) is 1. The predicted octanol–water partition coefficient (Wildman–Crippen LogP) is 5.32. The SMILES string of the molecule is O=C(O)Cc1csc(-c2cccc(OCc3ccc(Cl)c(Cl)c3)c2)n1. The van der Waals surface area contributed by atoms with Crippen molar-refractivity contribution in [2.24, 2.45) is 0 Å². The van der Waals surface area contributed by atoms with Crippen molar-refractivity contribution in [2.45, 2.75) is 13.0 Å². The van der Waals surface area contributed by atoms with Crippen molar-refractivity contribution in [1.82, 2.24) is 4.98 Å². The molecule has 0 radical (unpaired) electrons. The van der Waals surface area contributed by atoms with E-state index < -0.39 is 5.97 Å². The van der Waals surface area contributed by atoms with Gasteiger partial charge in [-0.15, -0.1) is 11.3 Å². The maximum Gasteiger partial charge on any atom is 0.309 e. The van der Waals surface area contributed by atoms with Crippen molar-refractivity contribution in [3.05, 3.63) is 69.1 Å². The van der Waals surface area contributed by atoms with Crippen molar-refractivity contribution in [2.75, 3.05) is 0 Å². The third kappa shape index (κ3) is 4.72. The standard InChI is InChI=1S/C18H13Cl2NO3S/c19-15-5-4-11(6-16(15)20)9-24-14-3-1-2-12(7-14)18-21-13(10-25-18)8-17(22)23/h1-7,10H,8-9H2,(H,22,23). The number of carboxylic acids is 1. The molecule has 0 aliphatic carbocycles. The minimum absolute atomic E-state index is 0.0793. The van der Waals surface area contributed by atoms with Crippen LogP contribution in [0.1, 0.15) is 11.3 Å². The van der Waals surface area contributed by atoms with E-state index in [-0.39, 0.29) is 6.42 Å². The van der Waals surface area contributed by atoms with Gasteiger partial charge in [0.05, 0.1) is 22.2 Å². The molecule has 0 unspecified atom stereocenters. The molecular formula is C18H13Cl2NO3S. The van der Waals surface area contributed by atoms with Crippen LogP contribution in [0.4, 0.5) is 0 Å². The Bertz CT molecular complexity index is 911. The molecule has 25 heavy (non-hydrogen) atoms. The van der Waals surface area contributed by atoms with Gasteiger partial charge >= 0.3 is 5.97 Å². The summed E-state index contributed by atoms with van der Waals surface area (Å²) < 4.78 is 5.80. The quantitative estimate of drug-likeness (QED) is 0.615. The first-order chi connectivity index (χ1) is 12.0. The molecule has 1 N–H and O–H groups in total. The summed E-state index contributed by atoms with van der Waals surface area (Å²) in [4.78, 5) is 15.1. The van der Waals surface area contributed by atoms with E-state index in [4.69, 9.17) is 33.0 Å². The van der Waals surface area contributed by atoms with Crippen LogP contribution in [0.2, 0.25) is 10.0 Å². The first kappa shape index (κ1) is 17.7. The molecule has 2 aromatic carbocycles. The summed E-state index contributed by atoms with van der Waals surface area (Å²) in [7, 11) is 0. The maximum atomic E-state index is 10.8. The van der Waals surface area contributed by atoms with Gasteiger partial charge in [0, 0.05) is 10.9 Å². The molecule has 0 amide bonds. The van der Waals surface area contributed by atoms with Gasteiger partial charge in [-0.3, -0.25) is 4.79 Å². The molecule has 1 heterocycles. The first-order valence-electron chi connectivity index (χ1n) is 7.34. The Morgan fingerprint density at radius 3 is 2.76 bits per heavy atom. The lowest BCUT2D eigenvalue weighted by molar-refractivity contribution is -0.136. The van der Waals surface area contributed by atoms with E-state index in [0.29, 0.717) is 28.1 Å². The number of benzene rings is 2. The fraction of sp³-hybridized carbons (Fsp3) is 0.111. The summed E-state index contributed by atoms with van der Waals surface area (Å²) in [6.45, 7) is 0.364. The lowest BCUT2D eigenvalue weighted by Crippen LogP contribution is -1.99. The Morgan fingerprint density at radius 2 is 2.00 bits per heavy atom. The van der Waals surface area contributed by atoms with Gasteiger partial charge in [0.1, 0.15) is 17.4 Å². The van der Waals surface area contributed by atoms with Crippen LogP contribution in [-0.4, -0.2) is 16.1 Å². The minimum Gasteiger partial charge on any atom is -0.489 e. The second-order valence-corrected chi connectivity index (χ2v) is 6.95. The average molecular weight is 394 g/mol. The number of hydrogen-bond acceptors (Lipinski definition) is 4. The van der Waals surface area contributed by atoms with Gasteiger partial charge in [0.25, 0.3) is 0 Å². The van der Waals surface area contributed by atoms with Crippen LogP contribution in [0.5, 0.6) is 5.75 Å². The lowest BCUT2D eigenvalue weighted by Gasteiger charge is -2.08. The van der Waals surface area contributed by atoms with E-state index in [1.807, 2.05) is 30.3 Å². The Kier molecular flexibility index (Phi) is 5.58. The van der Waals surface area contributed by atoms with E-state index in [9.17, 15) is 4.79 Å². The third-order valence-corrected chi connectivity index (χ3v) is 5.03. The van der Waals surface area contributed by atoms with Crippen LogP contribution in [0.25, 0.3) is 10.6 Å². The number of carbonyl (C=O) groups is 1. The van der Waals surface area contributed by atoms with Crippen LogP contribution < -0.4 is 4.74 Å². The van der Waals surface area contributed by atoms with Crippen LogP contribution in [0.15, 0.2) is 47.8 Å². The molecule has 0 aliphatic heterocycles. The molecule has 3 rings (SSSR count). The van der Waals surface area contributed by atoms with Gasteiger partial charge in [-0.1, -0.05) is 41.4 Å². The summed E-state index contributed by atoms with van der Waals surface area (Å²) in [5.41, 5.74) is 2.35. The Labute approximate surface area is 158 Å². The van der Waals surface area contributed by atoms with Gasteiger partial charge < -0.3 is 9.84 Å². The predicted molar refractivity (Wildman–Crippen MR) is 99.7 cm³/mol. The molecule has 0 aliphatic rings. The number of hydrogen-bond donors (Lipinski definition) is 1. The normalized spacial score (nSPS) is 10.6. The van der Waals surface area contributed by atoms with Gasteiger partial charge in [-0.05, 0) is 29.8 Å². The van der Waals surface area contributed by atoms with Crippen LogP contribution in [0, 0.1) is 0 Å². The molecule has 0 saturated carbocycles. The zero-order valence-electron chi connectivity index (χ0n) is 12.9. The van der Waals surface area contributed by atoms with E-state index in [0.717, 1.165) is 16.1 Å². The second-order valence-electron chi connectivity index (χ2n) is 5.28. The first-order valence-corrected chi connectivity index (χ1v) is 8.98. The fourth-order valence-corrected chi connectivity index (χ4v) is 3.33. The number of aromatic nitrogens is 1. The van der Waals surface area contributed by atoms with Gasteiger partial charge in [-0.2, -0.15) is 0 Å². The zero-order valence-corrected chi connectivity index (χ0v) is 15.2. The van der Waals surface area contributed by atoms with Crippen molar-refractivity contribution in [3.8, 4) is 16.3 Å². The van der Waals surface area contributed by atoms with Crippen LogP contribution in [0.3, 0.4) is 0 Å². The Balaban J connectivity index is 1.71. The van der Waals surface area contributed by atoms with E-state index >= 15 is 0 Å². The molecule has 0 spiro atoms. The highest BCUT2D eigenvalue weighted by molar-refractivity contribution is 7.13. The Morgan fingerprint density at radius 1 is 1.16 bits per heavy atom. The second kappa shape index (κ2) is 7.87. The number of rotatable bonds is 6. The summed E-state index contributed by atoms with van der Waals surface area (Å²) >= 11 is 13.3. The summed E-state index contributed by atoms with van der Waals surface area (Å²) in [5.74, 6) is -0.200. The summed E-state index contributed by atoms with van der Waals surface area (Å²) in [6.07, 6.45) is -0.0793. The van der Waals surface area contributed by atoms with E-state index in [2.05, 4.69) is 4.98 Å². The molecular weight excluding hydrogens is 381 g/mol. The zero-order chi connectivity index (χ0) is 17.8. The molecule has 7 heteroatoms. The lowest BCUT2D eigenvalue weighted by atomic mass is 10.2. The van der Waals surface area contributed by atoms with Crippen LogP contribution >= 0.6 is 34.5 Å². The number of carboxylic acid groups (broad SMARTS) is 1. The molecule has 0 atom stereocenters. The van der Waals surface area contributed by atoms with Gasteiger partial charge in [-0.25, -0.2) is 4.98 Å².